The van der Waals surface area contributed by atoms with Crippen LogP contribution in [-0.2, 0) is 14.3 Å². The molecule has 1 amide bonds. The zero-order chi connectivity index (χ0) is 26.4. The number of anilines is 1. The van der Waals surface area contributed by atoms with E-state index < -0.39 is 23.7 Å². The normalized spacial score (nSPS) is 17.0. The Balaban J connectivity index is 1.72. The summed E-state index contributed by atoms with van der Waals surface area (Å²) >= 11 is 7.30. The van der Waals surface area contributed by atoms with Crippen LogP contribution < -0.4 is 4.90 Å². The topological polar surface area (TPSA) is 96.8 Å². The van der Waals surface area contributed by atoms with Crippen molar-refractivity contribution in [2.24, 2.45) is 0 Å². The first-order valence-corrected chi connectivity index (χ1v) is 12.5. The smallest absolute Gasteiger partial charge is 0.337 e. The number of amides is 1. The van der Waals surface area contributed by atoms with E-state index in [2.05, 4.69) is 0 Å². The van der Waals surface area contributed by atoms with Crippen molar-refractivity contribution >= 4 is 61.7 Å². The van der Waals surface area contributed by atoms with Gasteiger partial charge >= 0.3 is 11.9 Å². The quantitative estimate of drug-likeness (QED) is 0.150. The number of aromatic nitrogens is 1. The van der Waals surface area contributed by atoms with Crippen molar-refractivity contribution in [3.63, 3.8) is 0 Å². The fourth-order valence-electron chi connectivity index (χ4n) is 4.49. The Labute approximate surface area is 221 Å². The Kier molecular flexibility index (Phi) is 6.31. The highest BCUT2D eigenvalue weighted by atomic mass is 35.5. The van der Waals surface area contributed by atoms with Gasteiger partial charge in [0, 0.05) is 10.6 Å². The number of aliphatic hydroxyl groups is 1. The first kappa shape index (κ1) is 24.7. The van der Waals surface area contributed by atoms with Crippen molar-refractivity contribution in [3.8, 4) is 0 Å². The number of aryl methyl sites for hydroxylation is 2. The Bertz CT molecular complexity index is 1610. The molecule has 0 aliphatic carbocycles. The van der Waals surface area contributed by atoms with E-state index in [-0.39, 0.29) is 11.3 Å². The standard InChI is InChI=1S/C28H21ClN2O5S/c1-14-12-15(2)22-20(13-14)37-28(30-22)31-23(16-4-6-18(7-5-16)27(35)36-3)21(25(33)26(31)34)24(32)17-8-10-19(29)11-9-17/h4-13,23,32H,1-3H3/t23-/m1/s1. The van der Waals surface area contributed by atoms with Gasteiger partial charge in [-0.15, -0.1) is 0 Å². The maximum Gasteiger partial charge on any atom is 0.337 e. The Morgan fingerprint density at radius 1 is 1.03 bits per heavy atom. The minimum Gasteiger partial charge on any atom is -0.507 e. The minimum atomic E-state index is -0.968. The zero-order valence-corrected chi connectivity index (χ0v) is 21.7. The molecule has 9 heteroatoms. The summed E-state index contributed by atoms with van der Waals surface area (Å²) in [4.78, 5) is 44.8. The van der Waals surface area contributed by atoms with Crippen LogP contribution in [0.15, 0.2) is 66.2 Å². The molecule has 0 radical (unpaired) electrons. The number of Topliss-reactive ketones (excluding diaryl/α,β-unsaturated/α-hetero) is 1. The second-order valence-electron chi connectivity index (χ2n) is 8.71. The summed E-state index contributed by atoms with van der Waals surface area (Å²) in [5.41, 5.74) is 3.85. The number of benzene rings is 3. The van der Waals surface area contributed by atoms with Crippen LogP contribution in [0.1, 0.15) is 38.7 Å². The number of rotatable bonds is 4. The molecule has 5 rings (SSSR count). The van der Waals surface area contributed by atoms with Crippen LogP contribution in [0.3, 0.4) is 0 Å². The monoisotopic (exact) mass is 532 g/mol. The van der Waals surface area contributed by atoms with Gasteiger partial charge in [0.05, 0.1) is 34.5 Å². The third kappa shape index (κ3) is 4.28. The van der Waals surface area contributed by atoms with E-state index in [9.17, 15) is 19.5 Å². The van der Waals surface area contributed by atoms with Crippen LogP contribution >= 0.6 is 22.9 Å². The van der Waals surface area contributed by atoms with Gasteiger partial charge in [0.15, 0.2) is 5.13 Å². The molecule has 1 fully saturated rings. The SMILES string of the molecule is COC(=O)c1ccc([C@@H]2C(=C(O)c3ccc(Cl)cc3)C(=O)C(=O)N2c2nc3c(C)cc(C)cc3s2)cc1. The summed E-state index contributed by atoms with van der Waals surface area (Å²) in [5.74, 6) is -2.47. The molecule has 186 valence electrons. The molecule has 7 nitrogen and oxygen atoms in total. The maximum atomic E-state index is 13.4. The molecule has 1 N–H and O–H groups in total. The van der Waals surface area contributed by atoms with Crippen molar-refractivity contribution in [1.29, 1.82) is 0 Å². The van der Waals surface area contributed by atoms with E-state index >= 15 is 0 Å². The van der Waals surface area contributed by atoms with Gasteiger partial charge in [0.2, 0.25) is 0 Å². The second kappa shape index (κ2) is 9.46. The van der Waals surface area contributed by atoms with Crippen molar-refractivity contribution in [2.45, 2.75) is 19.9 Å². The Hall–Kier alpha value is -4.01. The van der Waals surface area contributed by atoms with Crippen LogP contribution in [-0.4, -0.2) is 34.9 Å². The summed E-state index contributed by atoms with van der Waals surface area (Å²) in [6.07, 6.45) is 0. The van der Waals surface area contributed by atoms with Crippen LogP contribution in [0.5, 0.6) is 0 Å². The lowest BCUT2D eigenvalue weighted by Crippen LogP contribution is -2.29. The molecule has 1 aromatic heterocycles. The van der Waals surface area contributed by atoms with Crippen LogP contribution in [0, 0.1) is 13.8 Å². The fraction of sp³-hybridized carbons (Fsp3) is 0.143. The summed E-state index contributed by atoms with van der Waals surface area (Å²) in [6.45, 7) is 3.92. The average molecular weight is 533 g/mol. The highest BCUT2D eigenvalue weighted by Gasteiger charge is 2.48. The van der Waals surface area contributed by atoms with Crippen molar-refractivity contribution < 1.29 is 24.2 Å². The first-order valence-electron chi connectivity index (χ1n) is 11.3. The number of esters is 1. The molecule has 37 heavy (non-hydrogen) atoms. The lowest BCUT2D eigenvalue weighted by Gasteiger charge is -2.23. The zero-order valence-electron chi connectivity index (χ0n) is 20.1. The molecule has 0 bridgehead atoms. The highest BCUT2D eigenvalue weighted by Crippen LogP contribution is 2.44. The van der Waals surface area contributed by atoms with Crippen molar-refractivity contribution in [2.75, 3.05) is 12.0 Å². The molecule has 1 aliphatic rings. The van der Waals surface area contributed by atoms with E-state index in [1.165, 1.54) is 23.3 Å². The molecule has 1 aliphatic heterocycles. The number of nitrogens with zero attached hydrogens (tertiary/aromatic N) is 2. The Morgan fingerprint density at radius 3 is 2.32 bits per heavy atom. The number of thiazole rings is 1. The third-order valence-electron chi connectivity index (χ3n) is 6.23. The fourth-order valence-corrected chi connectivity index (χ4v) is 5.78. The molecule has 2 heterocycles. The lowest BCUT2D eigenvalue weighted by molar-refractivity contribution is -0.132. The first-order chi connectivity index (χ1) is 17.7. The molecule has 0 saturated carbocycles. The van der Waals surface area contributed by atoms with E-state index in [1.54, 1.807) is 48.5 Å². The van der Waals surface area contributed by atoms with E-state index in [4.69, 9.17) is 21.3 Å². The molecule has 0 unspecified atom stereocenters. The van der Waals surface area contributed by atoms with E-state index in [0.717, 1.165) is 21.3 Å². The van der Waals surface area contributed by atoms with Gasteiger partial charge in [-0.25, -0.2) is 9.78 Å². The number of fused-ring (bicyclic) bond motifs is 1. The second-order valence-corrected chi connectivity index (χ2v) is 10.2. The summed E-state index contributed by atoms with van der Waals surface area (Å²) < 4.78 is 5.66. The lowest BCUT2D eigenvalue weighted by atomic mass is 9.95. The average Bonchev–Trinajstić information content (AvgIpc) is 3.42. The number of methoxy groups -OCH3 is 1. The molecule has 0 spiro atoms. The van der Waals surface area contributed by atoms with Crippen LogP contribution in [0.4, 0.5) is 5.13 Å². The van der Waals surface area contributed by atoms with Crippen LogP contribution in [0.25, 0.3) is 16.0 Å². The number of carbonyl (C=O) groups excluding carboxylic acids is 3. The number of hydrogen-bond donors (Lipinski definition) is 1. The number of halogens is 1. The van der Waals surface area contributed by atoms with Crippen molar-refractivity contribution in [3.05, 3.63) is 99.1 Å². The molecule has 4 aromatic rings. The van der Waals surface area contributed by atoms with Gasteiger partial charge in [-0.3, -0.25) is 14.5 Å². The maximum absolute atomic E-state index is 13.4. The molecule has 1 atom stereocenters. The number of ether oxygens (including phenoxy) is 1. The van der Waals surface area contributed by atoms with Gasteiger partial charge in [-0.05, 0) is 73.0 Å². The van der Waals surface area contributed by atoms with E-state index in [1.807, 2.05) is 26.0 Å². The highest BCUT2D eigenvalue weighted by molar-refractivity contribution is 7.22. The summed E-state index contributed by atoms with van der Waals surface area (Å²) in [6, 6.07) is 15.7. The minimum absolute atomic E-state index is 0.0784. The van der Waals surface area contributed by atoms with Gasteiger partial charge < -0.3 is 9.84 Å². The number of carbonyl (C=O) groups is 3. The number of hydrogen-bond acceptors (Lipinski definition) is 7. The van der Waals surface area contributed by atoms with Gasteiger partial charge in [-0.2, -0.15) is 0 Å². The third-order valence-corrected chi connectivity index (χ3v) is 7.49. The number of ketones is 1. The molecule has 1 saturated heterocycles. The molecule has 3 aromatic carbocycles. The van der Waals surface area contributed by atoms with Crippen molar-refractivity contribution in [1.82, 2.24) is 4.98 Å². The van der Waals surface area contributed by atoms with Gasteiger partial charge in [-0.1, -0.05) is 41.1 Å². The predicted molar refractivity (Wildman–Crippen MR) is 143 cm³/mol. The summed E-state index contributed by atoms with van der Waals surface area (Å²) in [5, 5.41) is 12.0. The van der Waals surface area contributed by atoms with Gasteiger partial charge in [0.25, 0.3) is 5.78 Å². The van der Waals surface area contributed by atoms with E-state index in [0.29, 0.717) is 26.8 Å². The predicted octanol–water partition coefficient (Wildman–Crippen LogP) is 5.98. The summed E-state index contributed by atoms with van der Waals surface area (Å²) in [7, 11) is 1.29. The molecular weight excluding hydrogens is 512 g/mol. The number of aliphatic hydroxyl groups excluding tert-OH is 1. The molecular formula is C28H21ClN2O5S. The van der Waals surface area contributed by atoms with Crippen LogP contribution in [0.2, 0.25) is 5.02 Å². The Morgan fingerprint density at radius 2 is 1.68 bits per heavy atom. The largest absolute Gasteiger partial charge is 0.507 e. The van der Waals surface area contributed by atoms with Gasteiger partial charge in [0.1, 0.15) is 5.76 Å².